The van der Waals surface area contributed by atoms with Crippen LogP contribution in [0.2, 0.25) is 0 Å². The number of hydrogen-bond acceptors (Lipinski definition) is 4. The van der Waals surface area contributed by atoms with E-state index >= 15 is 0 Å². The highest BCUT2D eigenvalue weighted by molar-refractivity contribution is 5.72. The summed E-state index contributed by atoms with van der Waals surface area (Å²) in [5.74, 6) is 1.02. The zero-order valence-corrected chi connectivity index (χ0v) is 21.5. The van der Waals surface area contributed by atoms with E-state index in [2.05, 4.69) is 20.8 Å². The smallest absolute Gasteiger partial charge is 0.308 e. The fourth-order valence-corrected chi connectivity index (χ4v) is 5.47. The molecule has 0 aromatic carbocycles. The van der Waals surface area contributed by atoms with Gasteiger partial charge in [-0.05, 0) is 50.4 Å². The minimum absolute atomic E-state index is 0.0256. The van der Waals surface area contributed by atoms with Gasteiger partial charge >= 0.3 is 5.97 Å². The largest absolute Gasteiger partial charge is 0.465 e. The van der Waals surface area contributed by atoms with Crippen LogP contribution < -0.4 is 0 Å². The number of carbonyl (C=O) groups is 1. The Kier molecular flexibility index (Phi) is 14.6. The van der Waals surface area contributed by atoms with Crippen molar-refractivity contribution in [2.24, 2.45) is 17.8 Å². The van der Waals surface area contributed by atoms with Gasteiger partial charge in [0.25, 0.3) is 0 Å². The predicted molar refractivity (Wildman–Crippen MR) is 132 cm³/mol. The van der Waals surface area contributed by atoms with Crippen molar-refractivity contribution in [2.75, 3.05) is 19.8 Å². The van der Waals surface area contributed by atoms with Gasteiger partial charge in [0.2, 0.25) is 0 Å². The Morgan fingerprint density at radius 2 is 1.44 bits per heavy atom. The first kappa shape index (κ1) is 27.6. The topological polar surface area (TPSA) is 44.8 Å². The number of ether oxygens (including phenoxy) is 3. The summed E-state index contributed by atoms with van der Waals surface area (Å²) in [4.78, 5) is 12.6. The molecule has 0 aromatic rings. The maximum atomic E-state index is 12.6. The van der Waals surface area contributed by atoms with Crippen molar-refractivity contribution >= 4 is 5.97 Å². The van der Waals surface area contributed by atoms with Crippen molar-refractivity contribution in [3.63, 3.8) is 0 Å². The third kappa shape index (κ3) is 11.0. The third-order valence-corrected chi connectivity index (χ3v) is 7.59. The molecule has 0 bridgehead atoms. The Bertz CT molecular complexity index is 472. The molecule has 0 radical (unpaired) electrons. The molecular formula is C28H52O4. The molecule has 0 aromatic heterocycles. The molecule has 2 saturated carbocycles. The lowest BCUT2D eigenvalue weighted by molar-refractivity contribution is -0.153. The van der Waals surface area contributed by atoms with Gasteiger partial charge in [0, 0.05) is 0 Å². The van der Waals surface area contributed by atoms with E-state index in [0.29, 0.717) is 37.8 Å². The molecule has 4 nitrogen and oxygen atoms in total. The predicted octanol–water partition coefficient (Wildman–Crippen LogP) is 7.48. The second-order valence-electron chi connectivity index (χ2n) is 10.6. The number of hydrogen-bond donors (Lipinski definition) is 0. The van der Waals surface area contributed by atoms with Gasteiger partial charge < -0.3 is 14.2 Å². The van der Waals surface area contributed by atoms with Gasteiger partial charge in [-0.25, -0.2) is 0 Å². The molecule has 0 spiro atoms. The minimum Gasteiger partial charge on any atom is -0.465 e. The van der Waals surface area contributed by atoms with E-state index in [1.54, 1.807) is 0 Å². The molecular weight excluding hydrogens is 400 g/mol. The Morgan fingerprint density at radius 3 is 2.12 bits per heavy atom. The van der Waals surface area contributed by atoms with Crippen LogP contribution in [0.25, 0.3) is 0 Å². The van der Waals surface area contributed by atoms with Gasteiger partial charge in [-0.3, -0.25) is 4.79 Å². The normalized spacial score (nSPS) is 24.7. The quantitative estimate of drug-likeness (QED) is 0.180. The van der Waals surface area contributed by atoms with E-state index in [-0.39, 0.29) is 18.0 Å². The Labute approximate surface area is 198 Å². The fourth-order valence-electron chi connectivity index (χ4n) is 5.47. The Balaban J connectivity index is 1.58. The molecule has 0 N–H and O–H groups in total. The summed E-state index contributed by atoms with van der Waals surface area (Å²) in [5, 5.41) is 0. The summed E-state index contributed by atoms with van der Waals surface area (Å²) in [6, 6.07) is 0. The van der Waals surface area contributed by atoms with Gasteiger partial charge in [0.1, 0.15) is 0 Å². The van der Waals surface area contributed by atoms with Gasteiger partial charge in [-0.1, -0.05) is 85.0 Å². The number of carbonyl (C=O) groups excluding carboxylic acids is 1. The van der Waals surface area contributed by atoms with Crippen LogP contribution >= 0.6 is 0 Å². The fraction of sp³-hybridized carbons (Fsp3) is 0.964. The summed E-state index contributed by atoms with van der Waals surface area (Å²) in [6.07, 6.45) is 20.0. The van der Waals surface area contributed by atoms with E-state index in [1.807, 2.05) is 0 Å². The molecule has 0 amide bonds. The summed E-state index contributed by atoms with van der Waals surface area (Å²) >= 11 is 0. The average Bonchev–Trinajstić information content (AvgIpc) is 2.81. The lowest BCUT2D eigenvalue weighted by Gasteiger charge is -2.37. The van der Waals surface area contributed by atoms with Gasteiger partial charge in [0.05, 0.1) is 37.9 Å². The van der Waals surface area contributed by atoms with Crippen LogP contribution in [0.15, 0.2) is 0 Å². The Hall–Kier alpha value is -0.610. The van der Waals surface area contributed by atoms with Crippen LogP contribution in [0.1, 0.15) is 124 Å². The maximum Gasteiger partial charge on any atom is 0.308 e. The standard InChI is InChI=1S/C28H52O4/c1-4-5-6-7-8-9-10-14-19-32-28(29)24-17-18-27(26(22-24)23(2)3)31-21-20-30-25-15-12-11-13-16-25/h23-27H,4-22H2,1-3H3. The van der Waals surface area contributed by atoms with E-state index < -0.39 is 0 Å². The summed E-state index contributed by atoms with van der Waals surface area (Å²) in [7, 11) is 0. The zero-order chi connectivity index (χ0) is 23.0. The molecule has 32 heavy (non-hydrogen) atoms. The van der Waals surface area contributed by atoms with E-state index in [9.17, 15) is 4.79 Å². The van der Waals surface area contributed by atoms with Crippen LogP contribution in [-0.4, -0.2) is 38.0 Å². The third-order valence-electron chi connectivity index (χ3n) is 7.59. The maximum absolute atomic E-state index is 12.6. The second-order valence-corrected chi connectivity index (χ2v) is 10.6. The molecule has 3 atom stereocenters. The van der Waals surface area contributed by atoms with Crippen molar-refractivity contribution in [1.29, 1.82) is 0 Å². The first-order chi connectivity index (χ1) is 15.6. The van der Waals surface area contributed by atoms with Gasteiger partial charge in [-0.15, -0.1) is 0 Å². The molecule has 2 fully saturated rings. The van der Waals surface area contributed by atoms with E-state index in [0.717, 1.165) is 25.7 Å². The molecule has 2 aliphatic carbocycles. The summed E-state index contributed by atoms with van der Waals surface area (Å²) < 4.78 is 17.9. The molecule has 188 valence electrons. The first-order valence-electron chi connectivity index (χ1n) is 14.0. The molecule has 0 saturated heterocycles. The highest BCUT2D eigenvalue weighted by Gasteiger charge is 2.36. The van der Waals surface area contributed by atoms with Crippen LogP contribution in [0, 0.1) is 17.8 Å². The molecule has 4 heteroatoms. The van der Waals surface area contributed by atoms with Crippen LogP contribution in [0.3, 0.4) is 0 Å². The van der Waals surface area contributed by atoms with Gasteiger partial charge in [-0.2, -0.15) is 0 Å². The zero-order valence-electron chi connectivity index (χ0n) is 21.5. The molecule has 3 unspecified atom stereocenters. The molecule has 0 heterocycles. The Morgan fingerprint density at radius 1 is 0.781 bits per heavy atom. The lowest BCUT2D eigenvalue weighted by Crippen LogP contribution is -2.38. The highest BCUT2D eigenvalue weighted by atomic mass is 16.5. The first-order valence-corrected chi connectivity index (χ1v) is 14.0. The molecule has 0 aliphatic heterocycles. The second kappa shape index (κ2) is 16.9. The van der Waals surface area contributed by atoms with E-state index in [4.69, 9.17) is 14.2 Å². The van der Waals surface area contributed by atoms with Crippen molar-refractivity contribution in [3.8, 4) is 0 Å². The van der Waals surface area contributed by atoms with Crippen LogP contribution in [-0.2, 0) is 19.0 Å². The lowest BCUT2D eigenvalue weighted by atomic mass is 9.74. The average molecular weight is 453 g/mol. The van der Waals surface area contributed by atoms with Crippen molar-refractivity contribution in [1.82, 2.24) is 0 Å². The number of esters is 1. The minimum atomic E-state index is 0.0256. The van der Waals surface area contributed by atoms with Crippen molar-refractivity contribution in [3.05, 3.63) is 0 Å². The van der Waals surface area contributed by atoms with Crippen molar-refractivity contribution in [2.45, 2.75) is 136 Å². The van der Waals surface area contributed by atoms with Crippen LogP contribution in [0.5, 0.6) is 0 Å². The van der Waals surface area contributed by atoms with Crippen molar-refractivity contribution < 1.29 is 19.0 Å². The number of rotatable bonds is 16. The van der Waals surface area contributed by atoms with Crippen LogP contribution in [0.4, 0.5) is 0 Å². The molecule has 2 aliphatic rings. The SMILES string of the molecule is CCCCCCCCCCOC(=O)C1CCC(OCCOC2CCCCC2)C(C(C)C)C1. The number of unbranched alkanes of at least 4 members (excludes halogenated alkanes) is 7. The monoisotopic (exact) mass is 452 g/mol. The summed E-state index contributed by atoms with van der Waals surface area (Å²) in [6.45, 7) is 8.75. The summed E-state index contributed by atoms with van der Waals surface area (Å²) in [5.41, 5.74) is 0. The highest BCUT2D eigenvalue weighted by Crippen LogP contribution is 2.36. The molecule has 2 rings (SSSR count). The van der Waals surface area contributed by atoms with Gasteiger partial charge in [0.15, 0.2) is 0 Å². The van der Waals surface area contributed by atoms with E-state index in [1.165, 1.54) is 77.0 Å².